The molecule has 2 rings (SSSR count). The standard InChI is InChI=1S/2C7H6O2.2C4H9.Sn/c2*8-6-4-2-1-3-5-7(6)9;2*1-3-4-2;/h2*1-5H,(H,8,9);2*1,3-4H2,2H3;. The minimum absolute atomic E-state index is 0.149. The van der Waals surface area contributed by atoms with E-state index >= 15 is 0 Å². The van der Waals surface area contributed by atoms with Crippen molar-refractivity contribution in [2.75, 3.05) is 0 Å². The first-order chi connectivity index (χ1) is 13.0. The minimum Gasteiger partial charge on any atom is -0.504 e. The summed E-state index contributed by atoms with van der Waals surface area (Å²) in [7, 11) is 0. The molecule has 5 heteroatoms. The van der Waals surface area contributed by atoms with E-state index in [1.165, 1.54) is 49.9 Å². The molecule has 146 valence electrons. The average Bonchev–Trinajstić information content (AvgIpc) is 2.97. The maximum Gasteiger partial charge on any atom is 0.220 e. The van der Waals surface area contributed by atoms with Crippen molar-refractivity contribution in [2.45, 2.75) is 48.4 Å². The Bertz CT molecular complexity index is 672. The number of aromatic hydroxyl groups is 2. The zero-order valence-electron chi connectivity index (χ0n) is 16.2. The van der Waals surface area contributed by atoms with Gasteiger partial charge in [0.05, 0.1) is 0 Å². The van der Waals surface area contributed by atoms with Crippen LogP contribution in [0.2, 0.25) is 8.87 Å². The fraction of sp³-hybridized carbons (Fsp3) is 0.364. The van der Waals surface area contributed by atoms with Crippen LogP contribution in [0.4, 0.5) is 0 Å². The molecule has 2 aromatic rings. The maximum atomic E-state index is 10.6. The van der Waals surface area contributed by atoms with Crippen LogP contribution in [-0.2, 0) is 0 Å². The Balaban J connectivity index is 0.000000376. The topological polar surface area (TPSA) is 74.6 Å². The summed E-state index contributed by atoms with van der Waals surface area (Å²) in [5.41, 5.74) is -0.694. The molecule has 0 aliphatic carbocycles. The van der Waals surface area contributed by atoms with Gasteiger partial charge in [-0.05, 0) is 24.3 Å². The molecule has 2 aromatic carbocycles. The molecule has 2 N–H and O–H groups in total. The predicted octanol–water partition coefficient (Wildman–Crippen LogP) is 4.63. The molecule has 0 unspecified atom stereocenters. The third-order valence-electron chi connectivity index (χ3n) is 3.37. The van der Waals surface area contributed by atoms with Crippen molar-refractivity contribution < 1.29 is 10.2 Å². The Morgan fingerprint density at radius 1 is 0.667 bits per heavy atom. The van der Waals surface area contributed by atoms with Gasteiger partial charge in [0, 0.05) is 0 Å². The van der Waals surface area contributed by atoms with E-state index in [0.29, 0.717) is 0 Å². The molecule has 0 aliphatic rings. The first-order valence-corrected chi connectivity index (χ1v) is 13.3. The van der Waals surface area contributed by atoms with Gasteiger partial charge in [-0.3, -0.25) is 9.59 Å². The predicted molar refractivity (Wildman–Crippen MR) is 114 cm³/mol. The van der Waals surface area contributed by atoms with E-state index < -0.39 is 0 Å². The van der Waals surface area contributed by atoms with Crippen molar-refractivity contribution >= 4 is 21.1 Å². The second-order valence-corrected chi connectivity index (χ2v) is 10.1. The molecule has 0 atom stereocenters. The zero-order chi connectivity index (χ0) is 20.3. The quantitative estimate of drug-likeness (QED) is 0.470. The molecule has 0 saturated carbocycles. The van der Waals surface area contributed by atoms with Gasteiger partial charge >= 0.3 is 69.5 Å². The molecule has 0 amide bonds. The molecule has 0 fully saturated rings. The second kappa shape index (κ2) is 17.6. The molecule has 2 radical (unpaired) electrons. The SMILES string of the molecule is CCC[CH2][Sn][CH2]CCC.O=c1cccccc1O.O=c1cccccc1O. The molecule has 0 heterocycles. The summed E-state index contributed by atoms with van der Waals surface area (Å²) >= 11 is 0.149. The molecular weight excluding hydrogens is 447 g/mol. The maximum absolute atomic E-state index is 10.6. The van der Waals surface area contributed by atoms with Gasteiger partial charge in [0.25, 0.3) is 0 Å². The van der Waals surface area contributed by atoms with Crippen LogP contribution in [0, 0.1) is 0 Å². The Morgan fingerprint density at radius 3 is 1.41 bits per heavy atom. The Labute approximate surface area is 172 Å². The summed E-state index contributed by atoms with van der Waals surface area (Å²) in [5, 5.41) is 17.5. The molecule has 4 nitrogen and oxygen atoms in total. The van der Waals surface area contributed by atoms with Gasteiger partial charge in [0.1, 0.15) is 0 Å². The van der Waals surface area contributed by atoms with Gasteiger partial charge in [-0.15, -0.1) is 0 Å². The fourth-order valence-corrected chi connectivity index (χ4v) is 5.93. The van der Waals surface area contributed by atoms with Crippen LogP contribution >= 0.6 is 0 Å². The Hall–Kier alpha value is -1.82. The molecule has 0 saturated heterocycles. The van der Waals surface area contributed by atoms with Gasteiger partial charge in [-0.2, -0.15) is 0 Å². The van der Waals surface area contributed by atoms with Crippen LogP contribution in [0.25, 0.3) is 0 Å². The third-order valence-corrected chi connectivity index (χ3v) is 7.40. The largest absolute Gasteiger partial charge is 0.504 e. The van der Waals surface area contributed by atoms with E-state index in [1.54, 1.807) is 45.3 Å². The molecule has 27 heavy (non-hydrogen) atoms. The van der Waals surface area contributed by atoms with E-state index in [9.17, 15) is 9.59 Å². The number of hydrogen-bond donors (Lipinski definition) is 2. The van der Waals surface area contributed by atoms with E-state index in [2.05, 4.69) is 13.8 Å². The van der Waals surface area contributed by atoms with Crippen LogP contribution < -0.4 is 10.9 Å². The summed E-state index contributed by atoms with van der Waals surface area (Å²) < 4.78 is 3.25. The Kier molecular flexibility index (Phi) is 16.4. The molecule has 0 aliphatic heterocycles. The van der Waals surface area contributed by atoms with Crippen LogP contribution in [0.15, 0.2) is 70.3 Å². The minimum atomic E-state index is -0.347. The van der Waals surface area contributed by atoms with Crippen molar-refractivity contribution in [1.82, 2.24) is 0 Å². The first-order valence-electron chi connectivity index (χ1n) is 9.30. The summed E-state index contributed by atoms with van der Waals surface area (Å²) in [4.78, 5) is 21.1. The zero-order valence-corrected chi connectivity index (χ0v) is 19.1. The summed E-state index contributed by atoms with van der Waals surface area (Å²) in [6.07, 6.45) is 5.84. The van der Waals surface area contributed by atoms with Gasteiger partial charge in [0.15, 0.2) is 11.5 Å². The van der Waals surface area contributed by atoms with Crippen LogP contribution in [0.1, 0.15) is 39.5 Å². The first kappa shape index (κ1) is 25.2. The van der Waals surface area contributed by atoms with Crippen molar-refractivity contribution in [3.8, 4) is 11.5 Å². The van der Waals surface area contributed by atoms with Crippen molar-refractivity contribution in [1.29, 1.82) is 0 Å². The average molecular weight is 477 g/mol. The normalized spacial score (nSPS) is 9.26. The molecule has 0 aromatic heterocycles. The number of rotatable bonds is 6. The Morgan fingerprint density at radius 2 is 1.04 bits per heavy atom. The van der Waals surface area contributed by atoms with Crippen LogP contribution in [0.5, 0.6) is 11.5 Å². The van der Waals surface area contributed by atoms with Crippen molar-refractivity contribution in [3.63, 3.8) is 0 Å². The van der Waals surface area contributed by atoms with E-state index in [0.717, 1.165) is 0 Å². The van der Waals surface area contributed by atoms with E-state index in [4.69, 9.17) is 10.2 Å². The van der Waals surface area contributed by atoms with Crippen molar-refractivity contribution in [2.24, 2.45) is 0 Å². The summed E-state index contributed by atoms with van der Waals surface area (Å²) in [6.45, 7) is 4.58. The molecule has 0 spiro atoms. The van der Waals surface area contributed by atoms with Gasteiger partial charge in [-0.1, -0.05) is 36.4 Å². The van der Waals surface area contributed by atoms with Crippen LogP contribution in [-0.4, -0.2) is 31.4 Å². The molecular formula is C22H30O4Sn. The van der Waals surface area contributed by atoms with Gasteiger partial charge < -0.3 is 10.2 Å². The molecule has 0 bridgehead atoms. The smallest absolute Gasteiger partial charge is 0.220 e. The van der Waals surface area contributed by atoms with Crippen LogP contribution in [0.3, 0.4) is 0 Å². The van der Waals surface area contributed by atoms with Gasteiger partial charge in [-0.25, -0.2) is 0 Å². The van der Waals surface area contributed by atoms with Crippen molar-refractivity contribution in [3.05, 3.63) is 81.1 Å². The van der Waals surface area contributed by atoms with E-state index in [-0.39, 0.29) is 43.5 Å². The fourth-order valence-electron chi connectivity index (χ4n) is 1.77. The second-order valence-electron chi connectivity index (χ2n) is 5.78. The van der Waals surface area contributed by atoms with Gasteiger partial charge in [0.2, 0.25) is 10.9 Å². The third kappa shape index (κ3) is 15.0. The van der Waals surface area contributed by atoms with E-state index in [1.807, 2.05) is 0 Å². The summed E-state index contributed by atoms with van der Waals surface area (Å²) in [5.74, 6) is -0.417. The number of hydrogen-bond acceptors (Lipinski definition) is 4. The number of unbranched alkanes of at least 4 members (excludes halogenated alkanes) is 2. The summed E-state index contributed by atoms with van der Waals surface area (Å²) in [6, 6.07) is 15.1. The monoisotopic (exact) mass is 478 g/mol.